The number of carbonyl (C=O) groups is 1. The zero-order valence-corrected chi connectivity index (χ0v) is 26.9. The molecule has 40 heavy (non-hydrogen) atoms. The minimum absolute atomic E-state index is 0.0117. The number of hydrogen-bond acceptors (Lipinski definition) is 7. The number of rotatable bonds is 4. The highest BCUT2D eigenvalue weighted by Crippen LogP contribution is 2.55. The molecule has 5 rings (SSSR count). The molecule has 4 heterocycles. The van der Waals surface area contributed by atoms with Crippen LogP contribution in [-0.4, -0.2) is 102 Å². The molecule has 1 spiro atoms. The van der Waals surface area contributed by atoms with Crippen LogP contribution in [0.4, 0.5) is 10.6 Å². The van der Waals surface area contributed by atoms with Crippen molar-refractivity contribution in [1.29, 1.82) is 0 Å². The number of ether oxygens (including phenoxy) is 3. The summed E-state index contributed by atoms with van der Waals surface area (Å²) in [5.41, 5.74) is 2.37. The summed E-state index contributed by atoms with van der Waals surface area (Å²) in [6.45, 7) is 24.9. The Morgan fingerprint density at radius 2 is 1.73 bits per heavy atom. The average Bonchev–Trinajstić information content (AvgIpc) is 3.00. The summed E-state index contributed by atoms with van der Waals surface area (Å²) < 4.78 is 19.3. The SMILES string of the molecule is CC.COC1COCCN(C2CCN(c3nn(C4CC5(C4)CN(C(=O)OC(C)(C)C)C5)c(C)c3C)C(C)(C)C2)C1. The van der Waals surface area contributed by atoms with Gasteiger partial charge in [0.1, 0.15) is 5.60 Å². The minimum Gasteiger partial charge on any atom is -0.444 e. The molecule has 0 aromatic carbocycles. The van der Waals surface area contributed by atoms with Gasteiger partial charge in [-0.3, -0.25) is 9.58 Å². The summed E-state index contributed by atoms with van der Waals surface area (Å²) in [4.78, 5) is 19.4. The van der Waals surface area contributed by atoms with Crippen LogP contribution in [0.15, 0.2) is 0 Å². The van der Waals surface area contributed by atoms with Crippen molar-refractivity contribution in [3.05, 3.63) is 11.3 Å². The van der Waals surface area contributed by atoms with Gasteiger partial charge in [-0.15, -0.1) is 0 Å². The zero-order chi connectivity index (χ0) is 29.5. The highest BCUT2D eigenvalue weighted by atomic mass is 16.6. The molecule has 9 nitrogen and oxygen atoms in total. The molecule has 3 aliphatic heterocycles. The van der Waals surface area contributed by atoms with Gasteiger partial charge in [0, 0.05) is 68.1 Å². The van der Waals surface area contributed by atoms with Crippen LogP contribution in [0.3, 0.4) is 0 Å². The molecule has 2 unspecified atom stereocenters. The lowest BCUT2D eigenvalue weighted by Crippen LogP contribution is -2.64. The predicted molar refractivity (Wildman–Crippen MR) is 159 cm³/mol. The first kappa shape index (κ1) is 31.1. The van der Waals surface area contributed by atoms with Crippen LogP contribution in [0, 0.1) is 19.3 Å². The smallest absolute Gasteiger partial charge is 0.410 e. The van der Waals surface area contributed by atoms with Gasteiger partial charge in [-0.05, 0) is 74.1 Å². The number of aromatic nitrogens is 2. The van der Waals surface area contributed by atoms with Crippen molar-refractivity contribution in [3.8, 4) is 0 Å². The Kier molecular flexibility index (Phi) is 9.18. The molecule has 2 atom stereocenters. The van der Waals surface area contributed by atoms with Gasteiger partial charge in [0.25, 0.3) is 0 Å². The molecule has 1 aromatic heterocycles. The number of likely N-dealkylation sites (tertiary alicyclic amines) is 1. The van der Waals surface area contributed by atoms with Crippen LogP contribution in [0.25, 0.3) is 0 Å². The molecule has 1 amide bonds. The molecule has 1 aromatic rings. The number of carbonyl (C=O) groups excluding carboxylic acids is 1. The van der Waals surface area contributed by atoms with Gasteiger partial charge in [0.15, 0.2) is 5.82 Å². The van der Waals surface area contributed by atoms with Crippen LogP contribution in [0.1, 0.15) is 91.4 Å². The highest BCUT2D eigenvalue weighted by molar-refractivity contribution is 5.69. The van der Waals surface area contributed by atoms with Crippen LogP contribution >= 0.6 is 0 Å². The molecule has 0 radical (unpaired) electrons. The Labute approximate surface area is 242 Å². The fraction of sp³-hybridized carbons (Fsp3) is 0.871. The number of piperidine rings is 1. The van der Waals surface area contributed by atoms with Crippen LogP contribution in [0.5, 0.6) is 0 Å². The minimum atomic E-state index is -0.446. The number of hydrogen-bond donors (Lipinski definition) is 0. The van der Waals surface area contributed by atoms with E-state index in [4.69, 9.17) is 19.3 Å². The van der Waals surface area contributed by atoms with Crippen molar-refractivity contribution in [2.75, 3.05) is 57.9 Å². The van der Waals surface area contributed by atoms with Gasteiger partial charge in [-0.25, -0.2) is 4.79 Å². The van der Waals surface area contributed by atoms with Crippen LogP contribution in [-0.2, 0) is 14.2 Å². The first-order valence-electron chi connectivity index (χ1n) is 15.5. The maximum absolute atomic E-state index is 12.4. The van der Waals surface area contributed by atoms with E-state index in [1.807, 2.05) is 39.5 Å². The van der Waals surface area contributed by atoms with E-state index in [1.54, 1.807) is 7.11 Å². The Morgan fingerprint density at radius 1 is 1.05 bits per heavy atom. The van der Waals surface area contributed by atoms with E-state index in [0.717, 1.165) is 70.8 Å². The molecule has 228 valence electrons. The van der Waals surface area contributed by atoms with E-state index in [-0.39, 0.29) is 23.2 Å². The lowest BCUT2D eigenvalue weighted by molar-refractivity contribution is -0.0930. The third-order valence-corrected chi connectivity index (χ3v) is 9.33. The molecule has 3 saturated heterocycles. The van der Waals surface area contributed by atoms with E-state index in [1.165, 1.54) is 11.3 Å². The van der Waals surface area contributed by atoms with Gasteiger partial charge >= 0.3 is 6.09 Å². The largest absolute Gasteiger partial charge is 0.444 e. The Bertz CT molecular complexity index is 1020. The molecule has 0 bridgehead atoms. The zero-order valence-electron chi connectivity index (χ0n) is 26.9. The van der Waals surface area contributed by atoms with Gasteiger partial charge in [-0.1, -0.05) is 13.8 Å². The average molecular weight is 562 g/mol. The van der Waals surface area contributed by atoms with Gasteiger partial charge in [0.2, 0.25) is 0 Å². The molecule has 9 heteroatoms. The van der Waals surface area contributed by atoms with Crippen molar-refractivity contribution in [2.45, 2.75) is 117 Å². The van der Waals surface area contributed by atoms with Crippen molar-refractivity contribution in [1.82, 2.24) is 19.6 Å². The summed E-state index contributed by atoms with van der Waals surface area (Å²) in [6.07, 6.45) is 4.35. The summed E-state index contributed by atoms with van der Waals surface area (Å²) in [7, 11) is 1.79. The second-order valence-corrected chi connectivity index (χ2v) is 13.9. The quantitative estimate of drug-likeness (QED) is 0.501. The second-order valence-electron chi connectivity index (χ2n) is 13.9. The van der Waals surface area contributed by atoms with E-state index in [9.17, 15) is 4.79 Å². The van der Waals surface area contributed by atoms with Crippen molar-refractivity contribution in [3.63, 3.8) is 0 Å². The molecule has 4 aliphatic rings. The van der Waals surface area contributed by atoms with Crippen molar-refractivity contribution < 1.29 is 19.0 Å². The van der Waals surface area contributed by atoms with Gasteiger partial charge in [0.05, 0.1) is 25.4 Å². The fourth-order valence-corrected chi connectivity index (χ4v) is 7.14. The molecule has 1 saturated carbocycles. The first-order chi connectivity index (χ1) is 18.8. The van der Waals surface area contributed by atoms with Crippen LogP contribution < -0.4 is 4.90 Å². The Balaban J connectivity index is 0.00000181. The molecular weight excluding hydrogens is 506 g/mol. The lowest BCUT2D eigenvalue weighted by atomic mass is 9.61. The molecular formula is C31H55N5O4. The summed E-state index contributed by atoms with van der Waals surface area (Å²) in [5, 5.41) is 5.24. The third-order valence-electron chi connectivity index (χ3n) is 9.33. The first-order valence-corrected chi connectivity index (χ1v) is 15.5. The number of methoxy groups -OCH3 is 1. The molecule has 1 aliphatic carbocycles. The van der Waals surface area contributed by atoms with E-state index in [0.29, 0.717) is 18.7 Å². The van der Waals surface area contributed by atoms with E-state index in [2.05, 4.69) is 42.2 Å². The monoisotopic (exact) mass is 561 g/mol. The van der Waals surface area contributed by atoms with Gasteiger partial charge in [-0.2, -0.15) is 5.10 Å². The summed E-state index contributed by atoms with van der Waals surface area (Å²) >= 11 is 0. The second kappa shape index (κ2) is 11.8. The Morgan fingerprint density at radius 3 is 2.33 bits per heavy atom. The standard InChI is InChI=1S/C29H49N5O4.C2H6/c1-20-21(2)34(23-14-29(15-23)18-32(19-29)26(35)38-27(3,4)5)30-25(20)33-10-9-22(13-28(33,6)7)31-11-12-37-17-24(16-31)36-8;1-2/h22-24H,9-19H2,1-8H3;1-2H3. The topological polar surface area (TPSA) is 72.3 Å². The maximum atomic E-state index is 12.4. The fourth-order valence-electron chi connectivity index (χ4n) is 7.14. The Hall–Kier alpha value is -1.84. The third kappa shape index (κ3) is 6.31. The summed E-state index contributed by atoms with van der Waals surface area (Å²) in [5.74, 6) is 1.14. The van der Waals surface area contributed by atoms with E-state index >= 15 is 0 Å². The number of amides is 1. The number of nitrogens with zero attached hydrogens (tertiary/aromatic N) is 5. The maximum Gasteiger partial charge on any atom is 0.410 e. The van der Waals surface area contributed by atoms with Crippen molar-refractivity contribution in [2.24, 2.45) is 5.41 Å². The van der Waals surface area contributed by atoms with Crippen LogP contribution in [0.2, 0.25) is 0 Å². The lowest BCUT2D eigenvalue weighted by Gasteiger charge is -2.58. The molecule has 4 fully saturated rings. The normalized spacial score (nSPS) is 26.9. The van der Waals surface area contributed by atoms with E-state index < -0.39 is 5.60 Å². The number of anilines is 1. The highest BCUT2D eigenvalue weighted by Gasteiger charge is 2.55. The predicted octanol–water partition coefficient (Wildman–Crippen LogP) is 5.19. The van der Waals surface area contributed by atoms with Crippen molar-refractivity contribution >= 4 is 11.9 Å². The molecule has 0 N–H and O–H groups in total. The summed E-state index contributed by atoms with van der Waals surface area (Å²) in [6, 6.07) is 0.939. The van der Waals surface area contributed by atoms with Gasteiger partial charge < -0.3 is 24.0 Å².